The second-order valence-corrected chi connectivity index (χ2v) is 5.10. The minimum Gasteiger partial charge on any atom is -0.476 e. The first-order valence-corrected chi connectivity index (χ1v) is 6.99. The van der Waals surface area contributed by atoms with Crippen molar-refractivity contribution in [3.63, 3.8) is 0 Å². The highest BCUT2D eigenvalue weighted by Gasteiger charge is 2.23. The second kappa shape index (κ2) is 5.95. The molecule has 0 aromatic carbocycles. The summed E-state index contributed by atoms with van der Waals surface area (Å²) in [6.07, 6.45) is 2.20. The first kappa shape index (κ1) is 13.0. The summed E-state index contributed by atoms with van der Waals surface area (Å²) in [6, 6.07) is 3.95. The summed E-state index contributed by atoms with van der Waals surface area (Å²) in [6.45, 7) is 2.40. The van der Waals surface area contributed by atoms with Gasteiger partial charge in [0.1, 0.15) is 5.03 Å². The van der Waals surface area contributed by atoms with Crippen LogP contribution in [0.5, 0.6) is 5.88 Å². The minimum absolute atomic E-state index is 0.0547. The Morgan fingerprint density at radius 1 is 1.61 bits per heavy atom. The van der Waals surface area contributed by atoms with Crippen molar-refractivity contribution in [3.8, 4) is 5.88 Å². The molecule has 1 amide bonds. The van der Waals surface area contributed by atoms with Crippen LogP contribution in [0, 0.1) is 0 Å². The largest absolute Gasteiger partial charge is 0.476 e. The number of nitrogens with two attached hydrogens (primary N) is 1. The van der Waals surface area contributed by atoms with Crippen LogP contribution < -0.4 is 15.8 Å². The standard InChI is InChI=1S/C12H17N3O2S/c1-2-17-12-9(13)5-6-11(15-12)18-7-10(16)14-8-3-4-8/h5-6,8H,2-4,7,13H2,1H3,(H,14,16). The van der Waals surface area contributed by atoms with Crippen LogP contribution in [0.1, 0.15) is 19.8 Å². The van der Waals surface area contributed by atoms with E-state index in [-0.39, 0.29) is 5.91 Å². The Morgan fingerprint density at radius 2 is 2.39 bits per heavy atom. The van der Waals surface area contributed by atoms with E-state index < -0.39 is 0 Å². The van der Waals surface area contributed by atoms with E-state index in [4.69, 9.17) is 10.5 Å². The van der Waals surface area contributed by atoms with Gasteiger partial charge < -0.3 is 15.8 Å². The average Bonchev–Trinajstić information content (AvgIpc) is 3.14. The molecule has 6 heteroatoms. The Balaban J connectivity index is 1.87. The highest BCUT2D eigenvalue weighted by molar-refractivity contribution is 7.99. The molecule has 0 aliphatic heterocycles. The molecule has 1 heterocycles. The Hall–Kier alpha value is -1.43. The number of anilines is 1. The van der Waals surface area contributed by atoms with Gasteiger partial charge in [-0.25, -0.2) is 4.98 Å². The fourth-order valence-electron chi connectivity index (χ4n) is 1.40. The summed E-state index contributed by atoms with van der Waals surface area (Å²) in [4.78, 5) is 15.8. The lowest BCUT2D eigenvalue weighted by atomic mass is 10.4. The number of carbonyl (C=O) groups excluding carboxylic acids is 1. The number of hydrogen-bond donors (Lipinski definition) is 2. The summed E-state index contributed by atoms with van der Waals surface area (Å²) in [5, 5.41) is 3.68. The monoisotopic (exact) mass is 267 g/mol. The first-order valence-electron chi connectivity index (χ1n) is 6.00. The summed E-state index contributed by atoms with van der Waals surface area (Å²) in [7, 11) is 0. The molecule has 5 nitrogen and oxygen atoms in total. The number of nitrogen functional groups attached to an aromatic ring is 1. The highest BCUT2D eigenvalue weighted by atomic mass is 32.2. The molecule has 3 N–H and O–H groups in total. The molecule has 0 atom stereocenters. The maximum absolute atomic E-state index is 11.5. The van der Waals surface area contributed by atoms with Crippen molar-refractivity contribution in [1.82, 2.24) is 10.3 Å². The Bertz CT molecular complexity index is 435. The van der Waals surface area contributed by atoms with Crippen LogP contribution in [0.3, 0.4) is 0 Å². The number of amides is 1. The van der Waals surface area contributed by atoms with Gasteiger partial charge in [0.25, 0.3) is 0 Å². The molecule has 0 spiro atoms. The number of nitrogens with zero attached hydrogens (tertiary/aromatic N) is 1. The van der Waals surface area contributed by atoms with Crippen LogP contribution in [0.4, 0.5) is 5.69 Å². The lowest BCUT2D eigenvalue weighted by molar-refractivity contribution is -0.118. The Morgan fingerprint density at radius 3 is 3.06 bits per heavy atom. The SMILES string of the molecule is CCOc1nc(SCC(=O)NC2CC2)ccc1N. The van der Waals surface area contributed by atoms with Crippen molar-refractivity contribution in [1.29, 1.82) is 0 Å². The second-order valence-electron chi connectivity index (χ2n) is 4.11. The van der Waals surface area contributed by atoms with Crippen LogP contribution in [0.15, 0.2) is 17.2 Å². The minimum atomic E-state index is 0.0547. The lowest BCUT2D eigenvalue weighted by Crippen LogP contribution is -2.27. The zero-order valence-electron chi connectivity index (χ0n) is 10.3. The fourth-order valence-corrected chi connectivity index (χ4v) is 2.08. The number of rotatable bonds is 6. The molecule has 98 valence electrons. The van der Waals surface area contributed by atoms with Crippen molar-refractivity contribution in [2.45, 2.75) is 30.8 Å². The van der Waals surface area contributed by atoms with E-state index in [9.17, 15) is 4.79 Å². The Labute approximate surface area is 110 Å². The van der Waals surface area contributed by atoms with Crippen molar-refractivity contribution in [2.24, 2.45) is 0 Å². The van der Waals surface area contributed by atoms with Crippen molar-refractivity contribution in [3.05, 3.63) is 12.1 Å². The highest BCUT2D eigenvalue weighted by Crippen LogP contribution is 2.24. The molecule has 18 heavy (non-hydrogen) atoms. The maximum Gasteiger partial charge on any atom is 0.238 e. The molecule has 0 saturated heterocycles. The van der Waals surface area contributed by atoms with Gasteiger partial charge in [-0.05, 0) is 31.9 Å². The van der Waals surface area contributed by atoms with Gasteiger partial charge in [0.15, 0.2) is 0 Å². The molecular formula is C12H17N3O2S. The van der Waals surface area contributed by atoms with E-state index in [1.54, 1.807) is 12.1 Å². The van der Waals surface area contributed by atoms with E-state index in [0.29, 0.717) is 30.0 Å². The third-order valence-corrected chi connectivity index (χ3v) is 3.37. The number of carbonyl (C=O) groups is 1. The molecular weight excluding hydrogens is 250 g/mol. The number of nitrogens with one attached hydrogen (secondary N) is 1. The molecule has 1 aliphatic rings. The van der Waals surface area contributed by atoms with Crippen LogP contribution >= 0.6 is 11.8 Å². The molecule has 2 rings (SSSR count). The van der Waals surface area contributed by atoms with Gasteiger partial charge in [0, 0.05) is 6.04 Å². The molecule has 1 saturated carbocycles. The van der Waals surface area contributed by atoms with Crippen molar-refractivity contribution >= 4 is 23.4 Å². The van der Waals surface area contributed by atoms with Gasteiger partial charge in [-0.1, -0.05) is 11.8 Å². The number of aromatic nitrogens is 1. The van der Waals surface area contributed by atoms with Gasteiger partial charge in [0.05, 0.1) is 18.0 Å². The molecule has 1 fully saturated rings. The van der Waals surface area contributed by atoms with E-state index in [0.717, 1.165) is 17.9 Å². The fraction of sp³-hybridized carbons (Fsp3) is 0.500. The third-order valence-electron chi connectivity index (χ3n) is 2.44. The zero-order valence-corrected chi connectivity index (χ0v) is 11.1. The van der Waals surface area contributed by atoms with E-state index in [2.05, 4.69) is 10.3 Å². The summed E-state index contributed by atoms with van der Waals surface area (Å²) < 4.78 is 5.31. The number of thioether (sulfide) groups is 1. The molecule has 1 aromatic rings. The van der Waals surface area contributed by atoms with E-state index in [1.165, 1.54) is 11.8 Å². The smallest absolute Gasteiger partial charge is 0.238 e. The Kier molecular flexibility index (Phi) is 4.30. The quantitative estimate of drug-likeness (QED) is 0.762. The number of pyridine rings is 1. The van der Waals surface area contributed by atoms with Crippen LogP contribution in [-0.2, 0) is 4.79 Å². The molecule has 0 bridgehead atoms. The van der Waals surface area contributed by atoms with Crippen molar-refractivity contribution in [2.75, 3.05) is 18.1 Å². The summed E-state index contributed by atoms with van der Waals surface area (Å²) >= 11 is 1.39. The van der Waals surface area contributed by atoms with E-state index in [1.807, 2.05) is 6.92 Å². The van der Waals surface area contributed by atoms with E-state index >= 15 is 0 Å². The van der Waals surface area contributed by atoms with Gasteiger partial charge in [-0.2, -0.15) is 0 Å². The molecule has 1 aliphatic carbocycles. The molecule has 1 aromatic heterocycles. The van der Waals surface area contributed by atoms with Gasteiger partial charge >= 0.3 is 0 Å². The topological polar surface area (TPSA) is 77.2 Å². The predicted octanol–water partition coefficient (Wildman–Crippen LogP) is 1.43. The lowest BCUT2D eigenvalue weighted by Gasteiger charge is -2.07. The first-order chi connectivity index (χ1) is 8.69. The van der Waals surface area contributed by atoms with Crippen molar-refractivity contribution < 1.29 is 9.53 Å². The molecule has 0 radical (unpaired) electrons. The number of ether oxygens (including phenoxy) is 1. The average molecular weight is 267 g/mol. The van der Waals surface area contributed by atoms with Gasteiger partial charge in [0.2, 0.25) is 11.8 Å². The molecule has 0 unspecified atom stereocenters. The summed E-state index contributed by atoms with van der Waals surface area (Å²) in [5.41, 5.74) is 6.25. The summed E-state index contributed by atoms with van der Waals surface area (Å²) in [5.74, 6) is 0.864. The van der Waals surface area contributed by atoms with Crippen LogP contribution in [0.2, 0.25) is 0 Å². The number of hydrogen-bond acceptors (Lipinski definition) is 5. The van der Waals surface area contributed by atoms with Gasteiger partial charge in [-0.15, -0.1) is 0 Å². The predicted molar refractivity (Wildman–Crippen MR) is 71.7 cm³/mol. The van der Waals surface area contributed by atoms with Crippen LogP contribution in [-0.4, -0.2) is 29.3 Å². The normalized spacial score (nSPS) is 14.3. The maximum atomic E-state index is 11.5. The van der Waals surface area contributed by atoms with Crippen LogP contribution in [0.25, 0.3) is 0 Å². The zero-order chi connectivity index (χ0) is 13.0. The van der Waals surface area contributed by atoms with Gasteiger partial charge in [-0.3, -0.25) is 4.79 Å². The third kappa shape index (κ3) is 3.80.